The summed E-state index contributed by atoms with van der Waals surface area (Å²) in [6.45, 7) is 1.93. The summed E-state index contributed by atoms with van der Waals surface area (Å²) in [6, 6.07) is 16.5. The number of carbonyl (C=O) groups excluding carboxylic acids is 1. The third-order valence-corrected chi connectivity index (χ3v) is 6.06. The number of aromatic nitrogens is 4. The van der Waals surface area contributed by atoms with Crippen LogP contribution in [0.25, 0.3) is 11.3 Å². The molecule has 2 heterocycles. The zero-order valence-corrected chi connectivity index (χ0v) is 17.9. The van der Waals surface area contributed by atoms with E-state index in [0.717, 1.165) is 11.4 Å². The number of nitrogens with zero attached hydrogens (tertiary/aromatic N) is 4. The highest BCUT2D eigenvalue weighted by atomic mass is 32.2. The predicted molar refractivity (Wildman–Crippen MR) is 120 cm³/mol. The summed E-state index contributed by atoms with van der Waals surface area (Å²) in [6.07, 6.45) is 4.00. The van der Waals surface area contributed by atoms with E-state index in [1.54, 1.807) is 48.2 Å². The summed E-state index contributed by atoms with van der Waals surface area (Å²) >= 11 is 1.27. The summed E-state index contributed by atoms with van der Waals surface area (Å²) in [5.41, 5.74) is 1.36. The number of hydrogen-bond donors (Lipinski definition) is 1. The molecule has 2 aromatic heterocycles. The van der Waals surface area contributed by atoms with E-state index in [4.69, 9.17) is 4.74 Å². The molecule has 4 rings (SSSR count). The third kappa shape index (κ3) is 4.31. The van der Waals surface area contributed by atoms with E-state index in [0.29, 0.717) is 17.3 Å². The lowest BCUT2D eigenvalue weighted by molar-refractivity contribution is -0.115. The molecular weight excluding hydrogens is 414 g/mol. The van der Waals surface area contributed by atoms with Gasteiger partial charge in [0, 0.05) is 23.8 Å². The Balaban J connectivity index is 1.55. The maximum absolute atomic E-state index is 12.9. The molecule has 1 N–H and O–H groups in total. The van der Waals surface area contributed by atoms with Gasteiger partial charge in [0.1, 0.15) is 5.75 Å². The van der Waals surface area contributed by atoms with E-state index in [1.165, 1.54) is 16.3 Å². The molecule has 9 heteroatoms. The monoisotopic (exact) mass is 435 g/mol. The summed E-state index contributed by atoms with van der Waals surface area (Å²) in [4.78, 5) is 25.6. The van der Waals surface area contributed by atoms with Crippen molar-refractivity contribution in [3.05, 3.63) is 77.3 Å². The third-order valence-electron chi connectivity index (χ3n) is 4.74. The van der Waals surface area contributed by atoms with Gasteiger partial charge in [-0.25, -0.2) is 0 Å². The minimum atomic E-state index is -0.397. The molecule has 0 aliphatic carbocycles. The number of methoxy groups -OCH3 is 1. The van der Waals surface area contributed by atoms with Gasteiger partial charge >= 0.3 is 5.56 Å². The molecule has 0 saturated heterocycles. The van der Waals surface area contributed by atoms with Crippen LogP contribution in [-0.4, -0.2) is 37.4 Å². The molecule has 31 heavy (non-hydrogen) atoms. The number of carbonyl (C=O) groups is 1. The van der Waals surface area contributed by atoms with Gasteiger partial charge in [0.15, 0.2) is 5.16 Å². The Labute approximate surface area is 182 Å². The minimum absolute atomic E-state index is 0.146. The first-order valence-corrected chi connectivity index (χ1v) is 10.6. The van der Waals surface area contributed by atoms with Crippen LogP contribution in [0.2, 0.25) is 0 Å². The molecule has 0 saturated carbocycles. The molecule has 1 amide bonds. The Morgan fingerprint density at radius 2 is 1.84 bits per heavy atom. The zero-order valence-electron chi connectivity index (χ0n) is 17.1. The molecule has 2 aromatic carbocycles. The van der Waals surface area contributed by atoms with Crippen LogP contribution < -0.4 is 15.6 Å². The summed E-state index contributed by atoms with van der Waals surface area (Å²) in [5, 5.41) is 11.2. The lowest BCUT2D eigenvalue weighted by Crippen LogP contribution is -2.25. The summed E-state index contributed by atoms with van der Waals surface area (Å²) in [7, 11) is 1.59. The van der Waals surface area contributed by atoms with Crippen LogP contribution >= 0.6 is 11.8 Å². The molecule has 0 aliphatic heterocycles. The number of rotatable bonds is 7. The topological polar surface area (TPSA) is 90.5 Å². The van der Waals surface area contributed by atoms with Gasteiger partial charge in [0.2, 0.25) is 11.6 Å². The second kappa shape index (κ2) is 9.05. The van der Waals surface area contributed by atoms with Crippen molar-refractivity contribution in [1.29, 1.82) is 0 Å². The number of fused-ring (bicyclic) bond motifs is 1. The van der Waals surface area contributed by atoms with Gasteiger partial charge in [0.25, 0.3) is 0 Å². The molecule has 1 atom stereocenters. The molecule has 4 aromatic rings. The fourth-order valence-corrected chi connectivity index (χ4v) is 4.02. The number of ether oxygens (including phenoxy) is 1. The number of benzene rings is 2. The molecule has 0 bridgehead atoms. The zero-order chi connectivity index (χ0) is 21.8. The second-order valence-electron chi connectivity index (χ2n) is 6.72. The number of amides is 1. The Hall–Kier alpha value is -3.59. The number of thioether (sulfide) groups is 1. The highest BCUT2D eigenvalue weighted by Crippen LogP contribution is 2.25. The van der Waals surface area contributed by atoms with Crippen LogP contribution in [0.4, 0.5) is 5.69 Å². The van der Waals surface area contributed by atoms with Gasteiger partial charge in [-0.15, -0.1) is 10.2 Å². The van der Waals surface area contributed by atoms with Gasteiger partial charge in [0.05, 0.1) is 12.4 Å². The number of hydrogen-bond acceptors (Lipinski definition) is 6. The average Bonchev–Trinajstić information content (AvgIpc) is 3.22. The molecule has 158 valence electrons. The van der Waals surface area contributed by atoms with E-state index in [1.807, 2.05) is 37.3 Å². The largest absolute Gasteiger partial charge is 0.497 e. The summed E-state index contributed by atoms with van der Waals surface area (Å²) in [5.74, 6) is 0.572. The van der Waals surface area contributed by atoms with Crippen LogP contribution in [0.15, 0.2) is 76.9 Å². The highest BCUT2D eigenvalue weighted by Gasteiger charge is 2.22. The molecule has 0 aliphatic rings. The van der Waals surface area contributed by atoms with Gasteiger partial charge in [-0.1, -0.05) is 36.9 Å². The first-order valence-electron chi connectivity index (χ1n) is 9.74. The quantitative estimate of drug-likeness (QED) is 0.448. The Bertz CT molecular complexity index is 1250. The van der Waals surface area contributed by atoms with Crippen molar-refractivity contribution in [1.82, 2.24) is 19.2 Å². The van der Waals surface area contributed by atoms with Crippen LogP contribution in [0, 0.1) is 0 Å². The Morgan fingerprint density at radius 3 is 2.52 bits per heavy atom. The van der Waals surface area contributed by atoms with Crippen LogP contribution in [0.5, 0.6) is 5.75 Å². The van der Waals surface area contributed by atoms with E-state index in [9.17, 15) is 9.59 Å². The molecule has 1 unspecified atom stereocenters. The average molecular weight is 436 g/mol. The van der Waals surface area contributed by atoms with Gasteiger partial charge in [-0.05, 0) is 42.8 Å². The molecular formula is C22H21N5O3S. The molecule has 0 spiro atoms. The molecule has 0 fully saturated rings. The molecule has 0 radical (unpaired) electrons. The lowest BCUT2D eigenvalue weighted by Gasteiger charge is -2.14. The van der Waals surface area contributed by atoms with Crippen molar-refractivity contribution < 1.29 is 9.53 Å². The van der Waals surface area contributed by atoms with E-state index in [2.05, 4.69) is 15.5 Å². The highest BCUT2D eigenvalue weighted by molar-refractivity contribution is 8.00. The normalized spacial score (nSPS) is 11.9. The standard InChI is InChI=1S/C22H21N5O3S/c1-3-18(20(28)23-15-9-11-17(30-2)12-10-15)31-22-25-24-19-21(29)26(13-14-27(19)22)16-7-5-4-6-8-16/h4-14,18H,3H2,1-2H3,(H,23,28). The first-order chi connectivity index (χ1) is 15.1. The van der Waals surface area contributed by atoms with Crippen molar-refractivity contribution in [2.24, 2.45) is 0 Å². The van der Waals surface area contributed by atoms with Crippen LogP contribution in [0.3, 0.4) is 0 Å². The van der Waals surface area contributed by atoms with Crippen molar-refractivity contribution in [2.45, 2.75) is 23.8 Å². The maximum atomic E-state index is 12.9. The van der Waals surface area contributed by atoms with Crippen molar-refractivity contribution in [2.75, 3.05) is 12.4 Å². The Morgan fingerprint density at radius 1 is 1.10 bits per heavy atom. The number of para-hydroxylation sites is 1. The SMILES string of the molecule is CCC(Sc1nnc2c(=O)n(-c3ccccc3)ccn12)C(=O)Nc1ccc(OC)cc1. The fourth-order valence-electron chi connectivity index (χ4n) is 3.08. The van der Waals surface area contributed by atoms with Gasteiger partial charge in [-0.2, -0.15) is 0 Å². The number of anilines is 1. The van der Waals surface area contributed by atoms with Gasteiger partial charge < -0.3 is 10.1 Å². The van der Waals surface area contributed by atoms with Crippen molar-refractivity contribution in [3.63, 3.8) is 0 Å². The van der Waals surface area contributed by atoms with Crippen LogP contribution in [0.1, 0.15) is 13.3 Å². The van der Waals surface area contributed by atoms with E-state index < -0.39 is 5.25 Å². The van der Waals surface area contributed by atoms with Crippen molar-refractivity contribution in [3.8, 4) is 11.4 Å². The molecule has 8 nitrogen and oxygen atoms in total. The maximum Gasteiger partial charge on any atom is 0.300 e. The predicted octanol–water partition coefficient (Wildman–Crippen LogP) is 3.40. The van der Waals surface area contributed by atoms with Crippen LogP contribution in [-0.2, 0) is 4.79 Å². The fraction of sp³-hybridized carbons (Fsp3) is 0.182. The van der Waals surface area contributed by atoms with E-state index in [-0.39, 0.29) is 17.1 Å². The summed E-state index contributed by atoms with van der Waals surface area (Å²) < 4.78 is 8.28. The number of nitrogens with one attached hydrogen (secondary N) is 1. The smallest absolute Gasteiger partial charge is 0.300 e. The van der Waals surface area contributed by atoms with Gasteiger partial charge in [-0.3, -0.25) is 18.6 Å². The Kier molecular flexibility index (Phi) is 6.03. The lowest BCUT2D eigenvalue weighted by atomic mass is 10.2. The van der Waals surface area contributed by atoms with E-state index >= 15 is 0 Å². The van der Waals surface area contributed by atoms with Crippen molar-refractivity contribution >= 4 is 29.0 Å². The minimum Gasteiger partial charge on any atom is -0.497 e. The first kappa shape index (κ1) is 20.7. The second-order valence-corrected chi connectivity index (χ2v) is 7.89.